The minimum absolute atomic E-state index is 0.159. The molecule has 0 saturated carbocycles. The van der Waals surface area contributed by atoms with Crippen LogP contribution in [0.5, 0.6) is 0 Å². The third kappa shape index (κ3) is 7.90. The molecule has 224 valence electrons. The second-order valence-corrected chi connectivity index (χ2v) is 10.8. The zero-order chi connectivity index (χ0) is 31.8. The van der Waals surface area contributed by atoms with Crippen molar-refractivity contribution < 1.29 is 13.0 Å². The first kappa shape index (κ1) is 30.5. The fraction of sp³-hybridized carbons (Fsp3) is 0.0323. The molecule has 5 aromatic carbocycles. The largest absolute Gasteiger partial charge is 0.397 e. The first-order valence-corrected chi connectivity index (χ1v) is 14.7. The maximum Gasteiger partial charge on any atom is 0.295 e. The molecule has 0 aliphatic heterocycles. The molecule has 5 N–H and O–H groups in total. The summed E-state index contributed by atoms with van der Waals surface area (Å²) in [6.45, 7) is 0. The van der Waals surface area contributed by atoms with Gasteiger partial charge in [0.2, 0.25) is 0 Å². The van der Waals surface area contributed by atoms with E-state index in [0.717, 1.165) is 5.69 Å². The molecular formula is C31H26N10O3S. The number of benzene rings is 5. The number of nitrogen functional groups attached to an aromatic ring is 2. The van der Waals surface area contributed by atoms with Gasteiger partial charge in [0.05, 0.1) is 39.8 Å². The van der Waals surface area contributed by atoms with Crippen molar-refractivity contribution in [3.05, 3.63) is 109 Å². The third-order valence-corrected chi connectivity index (χ3v) is 7.14. The lowest BCUT2D eigenvalue weighted by Gasteiger charge is -2.09. The lowest BCUT2D eigenvalue weighted by molar-refractivity contribution is 0.483. The van der Waals surface area contributed by atoms with E-state index in [1.165, 1.54) is 24.3 Å². The molecule has 14 heteroatoms. The highest BCUT2D eigenvalue weighted by atomic mass is 32.2. The molecule has 0 heterocycles. The highest BCUT2D eigenvalue weighted by Crippen LogP contribution is 2.37. The molecule has 0 amide bonds. The minimum atomic E-state index is -4.60. The number of hydrogen-bond donors (Lipinski definition) is 3. The van der Waals surface area contributed by atoms with Gasteiger partial charge in [-0.15, -0.1) is 10.2 Å². The summed E-state index contributed by atoms with van der Waals surface area (Å²) in [5.74, 6) is 0. The van der Waals surface area contributed by atoms with E-state index in [4.69, 9.17) is 11.5 Å². The maximum absolute atomic E-state index is 12.2. The van der Waals surface area contributed by atoms with Crippen LogP contribution in [0.25, 0.3) is 11.1 Å². The second-order valence-electron chi connectivity index (χ2n) is 9.42. The topological polar surface area (TPSA) is 205 Å². The summed E-state index contributed by atoms with van der Waals surface area (Å²) in [5, 5.41) is 32.8. The lowest BCUT2D eigenvalue weighted by atomic mass is 10.0. The summed E-state index contributed by atoms with van der Waals surface area (Å²) in [5.41, 5.74) is 16.8. The molecule has 0 unspecified atom stereocenters. The van der Waals surface area contributed by atoms with Gasteiger partial charge < -0.3 is 11.5 Å². The van der Waals surface area contributed by atoms with Gasteiger partial charge in [-0.05, 0) is 78.4 Å². The molecule has 0 aliphatic rings. The Bertz CT molecular complexity index is 2050. The number of rotatable bonds is 9. The second kappa shape index (κ2) is 13.5. The number of hydrogen-bond acceptors (Lipinski definition) is 12. The normalized spacial score (nSPS) is 12.2. The zero-order valence-corrected chi connectivity index (χ0v) is 24.6. The van der Waals surface area contributed by atoms with E-state index in [2.05, 4.69) is 40.9 Å². The van der Waals surface area contributed by atoms with Crippen LogP contribution < -0.4 is 11.5 Å². The SMILES string of the molecule is CN=Nc1ccc(-c2ccc(N=Nc3cc(N=Nc4ccc(N=Nc5ccccc5)cc4)c(N)cc3N)cc2S(=O)(=O)O)cc1. The van der Waals surface area contributed by atoms with E-state index in [1.807, 2.05) is 30.3 Å². The monoisotopic (exact) mass is 618 g/mol. The Hall–Kier alpha value is -5.99. The average molecular weight is 619 g/mol. The van der Waals surface area contributed by atoms with Crippen molar-refractivity contribution in [2.75, 3.05) is 18.5 Å². The highest BCUT2D eigenvalue weighted by Gasteiger charge is 2.18. The van der Waals surface area contributed by atoms with Crippen LogP contribution in [0, 0.1) is 0 Å². The molecule has 0 aliphatic carbocycles. The Morgan fingerprint density at radius 2 is 1.00 bits per heavy atom. The fourth-order valence-electron chi connectivity index (χ4n) is 4.05. The Morgan fingerprint density at radius 1 is 0.533 bits per heavy atom. The van der Waals surface area contributed by atoms with E-state index in [0.29, 0.717) is 28.3 Å². The Balaban J connectivity index is 1.36. The molecule has 5 aromatic rings. The summed E-state index contributed by atoms with van der Waals surface area (Å²) in [6, 6.07) is 30.3. The van der Waals surface area contributed by atoms with Crippen molar-refractivity contribution >= 4 is 61.3 Å². The van der Waals surface area contributed by atoms with Crippen molar-refractivity contribution in [1.82, 2.24) is 0 Å². The molecule has 13 nitrogen and oxygen atoms in total. The van der Waals surface area contributed by atoms with Gasteiger partial charge in [-0.2, -0.15) is 39.1 Å². The van der Waals surface area contributed by atoms with Crippen molar-refractivity contribution in [2.45, 2.75) is 4.90 Å². The van der Waals surface area contributed by atoms with Gasteiger partial charge in [0.15, 0.2) is 0 Å². The predicted octanol–water partition coefficient (Wildman–Crippen LogP) is 9.72. The quantitative estimate of drug-likeness (QED) is 0.0835. The predicted molar refractivity (Wildman–Crippen MR) is 173 cm³/mol. The van der Waals surface area contributed by atoms with Gasteiger partial charge in [-0.25, -0.2) is 0 Å². The molecular weight excluding hydrogens is 592 g/mol. The third-order valence-electron chi connectivity index (χ3n) is 6.25. The molecule has 0 bridgehead atoms. The maximum atomic E-state index is 12.2. The first-order chi connectivity index (χ1) is 21.7. The molecule has 0 atom stereocenters. The summed E-state index contributed by atoms with van der Waals surface area (Å²) in [4.78, 5) is -0.337. The van der Waals surface area contributed by atoms with Crippen molar-refractivity contribution in [3.8, 4) is 11.1 Å². The van der Waals surface area contributed by atoms with Crippen molar-refractivity contribution in [3.63, 3.8) is 0 Å². The van der Waals surface area contributed by atoms with E-state index in [-0.39, 0.29) is 33.2 Å². The summed E-state index contributed by atoms with van der Waals surface area (Å²) in [6.07, 6.45) is 0. The van der Waals surface area contributed by atoms with Crippen LogP contribution in [0.1, 0.15) is 0 Å². The molecule has 0 saturated heterocycles. The number of nitrogens with zero attached hydrogens (tertiary/aromatic N) is 8. The van der Waals surface area contributed by atoms with Crippen molar-refractivity contribution in [2.24, 2.45) is 40.9 Å². The molecule has 0 spiro atoms. The molecule has 5 rings (SSSR count). The van der Waals surface area contributed by atoms with E-state index in [1.54, 1.807) is 61.6 Å². The zero-order valence-electron chi connectivity index (χ0n) is 23.8. The van der Waals surface area contributed by atoms with Crippen molar-refractivity contribution in [1.29, 1.82) is 0 Å². The summed E-state index contributed by atoms with van der Waals surface area (Å²) >= 11 is 0. The molecule has 45 heavy (non-hydrogen) atoms. The number of nitrogens with two attached hydrogens (primary N) is 2. The summed E-state index contributed by atoms with van der Waals surface area (Å²) in [7, 11) is -3.06. The van der Waals surface area contributed by atoms with E-state index in [9.17, 15) is 13.0 Å². The average Bonchev–Trinajstić information content (AvgIpc) is 3.04. The molecule has 0 aromatic heterocycles. The first-order valence-electron chi connectivity index (χ1n) is 13.3. The van der Waals surface area contributed by atoms with Gasteiger partial charge in [0.1, 0.15) is 16.3 Å². The fourth-order valence-corrected chi connectivity index (χ4v) is 4.79. The van der Waals surface area contributed by atoms with Gasteiger partial charge >= 0.3 is 0 Å². The summed E-state index contributed by atoms with van der Waals surface area (Å²) < 4.78 is 34.4. The standard InChI is InChI=1S/C31H26N10O3S/c1-34-35-22-9-7-20(8-10-22)26-16-15-25(17-31(26)45(42,43)44)39-41-30-19-29(27(32)18-28(30)33)40-38-24-13-11-23(12-14-24)37-36-21-5-3-2-4-6-21/h2-19H,32-33H2,1H3,(H,42,43,44). The highest BCUT2D eigenvalue weighted by molar-refractivity contribution is 7.86. The molecule has 0 radical (unpaired) electrons. The van der Waals surface area contributed by atoms with Crippen LogP contribution in [0.15, 0.2) is 155 Å². The van der Waals surface area contributed by atoms with Gasteiger partial charge in [-0.1, -0.05) is 36.4 Å². The van der Waals surface area contributed by atoms with Gasteiger partial charge in [0.25, 0.3) is 10.1 Å². The number of azo groups is 4. The molecule has 0 fully saturated rings. The Morgan fingerprint density at radius 3 is 1.56 bits per heavy atom. The van der Waals surface area contributed by atoms with Crippen LogP contribution in [0.4, 0.5) is 51.2 Å². The Labute approximate surface area is 258 Å². The smallest absolute Gasteiger partial charge is 0.295 e. The minimum Gasteiger partial charge on any atom is -0.397 e. The Kier molecular flexibility index (Phi) is 9.17. The van der Waals surface area contributed by atoms with Gasteiger partial charge in [-0.3, -0.25) is 4.55 Å². The number of anilines is 2. The van der Waals surface area contributed by atoms with Crippen LogP contribution >= 0.6 is 0 Å². The van der Waals surface area contributed by atoms with Crippen LogP contribution in [0.3, 0.4) is 0 Å². The van der Waals surface area contributed by atoms with E-state index < -0.39 is 10.1 Å². The van der Waals surface area contributed by atoms with Crippen LogP contribution in [-0.4, -0.2) is 20.0 Å². The van der Waals surface area contributed by atoms with E-state index >= 15 is 0 Å². The van der Waals surface area contributed by atoms with Crippen LogP contribution in [-0.2, 0) is 10.1 Å². The van der Waals surface area contributed by atoms with Gasteiger partial charge in [0, 0.05) is 12.6 Å². The van der Waals surface area contributed by atoms with Crippen LogP contribution in [0.2, 0.25) is 0 Å². The lowest BCUT2D eigenvalue weighted by Crippen LogP contribution is -2.00.